The van der Waals surface area contributed by atoms with Crippen LogP contribution < -0.4 is 4.90 Å². The Labute approximate surface area is 238 Å². The lowest BCUT2D eigenvalue weighted by atomic mass is 9.68. The summed E-state index contributed by atoms with van der Waals surface area (Å²) in [6, 6.07) is 53.4. The van der Waals surface area contributed by atoms with Crippen LogP contribution in [-0.4, -0.2) is 7.05 Å². The molecule has 40 heavy (non-hydrogen) atoms. The molecule has 2 heteroatoms. The first-order chi connectivity index (χ1) is 19.8. The molecule has 0 unspecified atom stereocenters. The third kappa shape index (κ3) is 3.14. The smallest absolute Gasteiger partial charge is 0.0714 e. The van der Waals surface area contributed by atoms with Crippen molar-refractivity contribution in [2.45, 2.75) is 5.41 Å². The number of anilines is 2. The minimum absolute atomic E-state index is 0.396. The number of rotatable bonds is 4. The molecular weight excluding hydrogens is 502 g/mol. The van der Waals surface area contributed by atoms with Gasteiger partial charge < -0.3 is 4.90 Å². The summed E-state index contributed by atoms with van der Waals surface area (Å²) in [4.78, 5) is 2.41. The van der Waals surface area contributed by atoms with E-state index in [2.05, 4.69) is 158 Å². The summed E-state index contributed by atoms with van der Waals surface area (Å²) in [7, 11) is 2.23. The van der Waals surface area contributed by atoms with E-state index in [1.165, 1.54) is 64.9 Å². The molecule has 1 aliphatic carbocycles. The maximum Gasteiger partial charge on any atom is 0.0714 e. The van der Waals surface area contributed by atoms with Gasteiger partial charge in [-0.2, -0.15) is 0 Å². The summed E-state index contributed by atoms with van der Waals surface area (Å²) >= 11 is 1.87. The molecule has 190 valence electrons. The Kier molecular flexibility index (Phi) is 5.20. The molecule has 0 radical (unpaired) electrons. The van der Waals surface area contributed by atoms with Crippen molar-refractivity contribution in [1.82, 2.24) is 0 Å². The SMILES string of the molecule is CN(c1cccc2c1-c1ccccc1C2(c1ccccc1)c1ccccc1)c1cccc2sc3ccccc3c12. The fourth-order valence-electron chi connectivity index (χ4n) is 6.92. The molecule has 1 heterocycles. The van der Waals surface area contributed by atoms with Gasteiger partial charge in [0.2, 0.25) is 0 Å². The molecule has 0 fully saturated rings. The molecule has 1 nitrogen and oxygen atoms in total. The fraction of sp³-hybridized carbons (Fsp3) is 0.0526. The molecule has 0 amide bonds. The normalized spacial score (nSPS) is 13.3. The number of fused-ring (bicyclic) bond motifs is 6. The summed E-state index contributed by atoms with van der Waals surface area (Å²) in [6.07, 6.45) is 0. The average molecular weight is 530 g/mol. The van der Waals surface area contributed by atoms with Gasteiger partial charge in [-0.15, -0.1) is 11.3 Å². The summed E-state index contributed by atoms with van der Waals surface area (Å²) in [5, 5.41) is 2.65. The highest BCUT2D eigenvalue weighted by atomic mass is 32.1. The highest BCUT2D eigenvalue weighted by Gasteiger charge is 2.47. The minimum Gasteiger partial charge on any atom is -0.344 e. The third-order valence-corrected chi connectivity index (χ3v) is 9.70. The second-order valence-electron chi connectivity index (χ2n) is 10.5. The Balaban J connectivity index is 1.45. The van der Waals surface area contributed by atoms with Crippen LogP contribution in [0.5, 0.6) is 0 Å². The summed E-state index contributed by atoms with van der Waals surface area (Å²) in [5.74, 6) is 0. The van der Waals surface area contributed by atoms with Crippen molar-refractivity contribution in [1.29, 1.82) is 0 Å². The van der Waals surface area contributed by atoms with Crippen molar-refractivity contribution < 1.29 is 0 Å². The number of benzene rings is 6. The number of hydrogen-bond donors (Lipinski definition) is 0. The van der Waals surface area contributed by atoms with E-state index in [9.17, 15) is 0 Å². The molecule has 0 spiro atoms. The standard InChI is InChI=1S/C38H27NS/c1-39(33-23-13-25-35-37(33)29-19-9-11-24-34(29)40-35)32-22-12-21-31-36(32)28-18-8-10-20-30(28)38(31,26-14-4-2-5-15-26)27-16-6-3-7-17-27/h2-25H,1H3. The Morgan fingerprint density at radius 1 is 0.500 bits per heavy atom. The van der Waals surface area contributed by atoms with Gasteiger partial charge in [-0.3, -0.25) is 0 Å². The summed E-state index contributed by atoms with van der Waals surface area (Å²) in [5.41, 5.74) is 9.92. The number of thiophene rings is 1. The van der Waals surface area contributed by atoms with Crippen molar-refractivity contribution in [2.75, 3.05) is 11.9 Å². The van der Waals surface area contributed by atoms with E-state index >= 15 is 0 Å². The minimum atomic E-state index is -0.396. The Bertz CT molecular complexity index is 1980. The van der Waals surface area contributed by atoms with Crippen molar-refractivity contribution in [3.8, 4) is 11.1 Å². The monoisotopic (exact) mass is 529 g/mol. The predicted octanol–water partition coefficient (Wildman–Crippen LogP) is 10.2. The highest BCUT2D eigenvalue weighted by molar-refractivity contribution is 7.26. The van der Waals surface area contributed by atoms with Gasteiger partial charge in [0.1, 0.15) is 0 Å². The van der Waals surface area contributed by atoms with E-state index in [0.717, 1.165) is 0 Å². The van der Waals surface area contributed by atoms with Crippen molar-refractivity contribution in [2.24, 2.45) is 0 Å². The van der Waals surface area contributed by atoms with Gasteiger partial charge in [-0.25, -0.2) is 0 Å². The first-order valence-corrected chi connectivity index (χ1v) is 14.6. The van der Waals surface area contributed by atoms with Crippen LogP contribution in [0.25, 0.3) is 31.3 Å². The van der Waals surface area contributed by atoms with Crippen molar-refractivity contribution >= 4 is 42.9 Å². The number of nitrogens with zero attached hydrogens (tertiary/aromatic N) is 1. The maximum atomic E-state index is 2.41. The van der Waals surface area contributed by atoms with E-state index < -0.39 is 5.41 Å². The largest absolute Gasteiger partial charge is 0.344 e. The van der Waals surface area contributed by atoms with E-state index in [1.807, 2.05) is 11.3 Å². The molecule has 1 aromatic heterocycles. The third-order valence-electron chi connectivity index (χ3n) is 8.56. The summed E-state index contributed by atoms with van der Waals surface area (Å²) < 4.78 is 2.65. The van der Waals surface area contributed by atoms with Gasteiger partial charge in [-0.05, 0) is 52.1 Å². The van der Waals surface area contributed by atoms with Gasteiger partial charge >= 0.3 is 0 Å². The zero-order chi connectivity index (χ0) is 26.7. The molecular formula is C38H27NS. The van der Waals surface area contributed by atoms with E-state index in [-0.39, 0.29) is 0 Å². The van der Waals surface area contributed by atoms with Crippen LogP contribution in [0.15, 0.2) is 146 Å². The highest BCUT2D eigenvalue weighted by Crippen LogP contribution is 2.58. The van der Waals surface area contributed by atoms with Crippen LogP contribution in [0.2, 0.25) is 0 Å². The second kappa shape index (κ2) is 8.94. The molecule has 8 rings (SSSR count). The van der Waals surface area contributed by atoms with Crippen LogP contribution >= 0.6 is 11.3 Å². The van der Waals surface area contributed by atoms with Gasteiger partial charge in [0.15, 0.2) is 0 Å². The molecule has 0 saturated heterocycles. The molecule has 7 aromatic rings. The second-order valence-corrected chi connectivity index (χ2v) is 11.6. The molecule has 0 aliphatic heterocycles. The lowest BCUT2D eigenvalue weighted by molar-refractivity contribution is 0.768. The van der Waals surface area contributed by atoms with Crippen LogP contribution in [-0.2, 0) is 5.41 Å². The zero-order valence-corrected chi connectivity index (χ0v) is 23.0. The molecule has 1 aliphatic rings. The van der Waals surface area contributed by atoms with Gasteiger partial charge in [0.25, 0.3) is 0 Å². The summed E-state index contributed by atoms with van der Waals surface area (Å²) in [6.45, 7) is 0. The Morgan fingerprint density at radius 2 is 1.07 bits per heavy atom. The van der Waals surface area contributed by atoms with Gasteiger partial charge in [-0.1, -0.05) is 121 Å². The van der Waals surface area contributed by atoms with Gasteiger partial charge in [0, 0.05) is 38.5 Å². The predicted molar refractivity (Wildman–Crippen MR) is 171 cm³/mol. The molecule has 6 aromatic carbocycles. The van der Waals surface area contributed by atoms with E-state index in [4.69, 9.17) is 0 Å². The first kappa shape index (κ1) is 23.2. The van der Waals surface area contributed by atoms with Gasteiger partial charge in [0.05, 0.1) is 11.1 Å². The lowest BCUT2D eigenvalue weighted by Gasteiger charge is -2.34. The first-order valence-electron chi connectivity index (χ1n) is 13.8. The average Bonchev–Trinajstić information content (AvgIpc) is 3.56. The topological polar surface area (TPSA) is 3.24 Å². The molecule has 0 saturated carbocycles. The van der Waals surface area contributed by atoms with Crippen LogP contribution in [0.3, 0.4) is 0 Å². The quantitative estimate of drug-likeness (QED) is 0.219. The Hall–Kier alpha value is -4.66. The molecule has 0 atom stereocenters. The lowest BCUT2D eigenvalue weighted by Crippen LogP contribution is -2.28. The van der Waals surface area contributed by atoms with Crippen LogP contribution in [0.1, 0.15) is 22.3 Å². The molecule has 0 bridgehead atoms. The molecule has 0 N–H and O–H groups in total. The van der Waals surface area contributed by atoms with E-state index in [1.54, 1.807) is 0 Å². The van der Waals surface area contributed by atoms with Crippen LogP contribution in [0.4, 0.5) is 11.4 Å². The zero-order valence-electron chi connectivity index (χ0n) is 22.2. The number of hydrogen-bond acceptors (Lipinski definition) is 2. The van der Waals surface area contributed by atoms with Crippen molar-refractivity contribution in [3.63, 3.8) is 0 Å². The fourth-order valence-corrected chi connectivity index (χ4v) is 8.05. The Morgan fingerprint density at radius 3 is 1.85 bits per heavy atom. The van der Waals surface area contributed by atoms with Crippen molar-refractivity contribution in [3.05, 3.63) is 168 Å². The maximum absolute atomic E-state index is 2.41. The van der Waals surface area contributed by atoms with Crippen LogP contribution in [0, 0.1) is 0 Å². The van der Waals surface area contributed by atoms with E-state index in [0.29, 0.717) is 0 Å².